The van der Waals surface area contributed by atoms with Crippen molar-refractivity contribution in [2.24, 2.45) is 7.05 Å². The molecule has 0 aromatic carbocycles. The normalized spacial score (nSPS) is 10.7. The predicted octanol–water partition coefficient (Wildman–Crippen LogP) is 1.82. The van der Waals surface area contributed by atoms with Gasteiger partial charge in [0.15, 0.2) is 5.82 Å². The van der Waals surface area contributed by atoms with Crippen molar-refractivity contribution in [1.82, 2.24) is 24.5 Å². The van der Waals surface area contributed by atoms with Crippen LogP contribution < -0.4 is 5.32 Å². The molecule has 3 aromatic rings. The quantitative estimate of drug-likeness (QED) is 0.779. The van der Waals surface area contributed by atoms with E-state index in [4.69, 9.17) is 0 Å². The number of anilines is 1. The number of amides is 1. The van der Waals surface area contributed by atoms with Gasteiger partial charge in [-0.2, -0.15) is 10.2 Å². The van der Waals surface area contributed by atoms with E-state index in [0.29, 0.717) is 18.1 Å². The fourth-order valence-corrected chi connectivity index (χ4v) is 2.33. The first-order chi connectivity index (χ1) is 11.1. The molecule has 1 N–H and O–H groups in total. The summed E-state index contributed by atoms with van der Waals surface area (Å²) < 4.78 is 3.35. The standard InChI is InChI=1S/C16H18N6O/c1-12-11-14(21(2)19-12)16(23)18-15-7-10-22(20-15)9-6-13-5-3-4-8-17-13/h3-5,7-8,10-11H,6,9H2,1-2H3,(H,18,20,23). The molecular weight excluding hydrogens is 292 g/mol. The van der Waals surface area contributed by atoms with Gasteiger partial charge >= 0.3 is 0 Å². The Bertz CT molecular complexity index is 805. The molecule has 118 valence electrons. The van der Waals surface area contributed by atoms with E-state index in [2.05, 4.69) is 20.5 Å². The van der Waals surface area contributed by atoms with E-state index in [9.17, 15) is 4.79 Å². The van der Waals surface area contributed by atoms with Gasteiger partial charge in [-0.3, -0.25) is 19.1 Å². The molecule has 0 spiro atoms. The molecule has 0 unspecified atom stereocenters. The summed E-state index contributed by atoms with van der Waals surface area (Å²) >= 11 is 0. The summed E-state index contributed by atoms with van der Waals surface area (Å²) in [6.07, 6.45) is 4.41. The third-order valence-electron chi connectivity index (χ3n) is 3.44. The van der Waals surface area contributed by atoms with Gasteiger partial charge in [-0.25, -0.2) is 0 Å². The third kappa shape index (κ3) is 3.63. The number of pyridine rings is 1. The molecule has 7 heteroatoms. The summed E-state index contributed by atoms with van der Waals surface area (Å²) in [4.78, 5) is 16.5. The Hall–Kier alpha value is -2.96. The number of hydrogen-bond acceptors (Lipinski definition) is 4. The number of aromatic nitrogens is 5. The molecule has 3 rings (SSSR count). The summed E-state index contributed by atoms with van der Waals surface area (Å²) in [6, 6.07) is 9.36. The highest BCUT2D eigenvalue weighted by Gasteiger charge is 2.13. The lowest BCUT2D eigenvalue weighted by molar-refractivity contribution is 0.101. The van der Waals surface area contributed by atoms with Gasteiger partial charge in [-0.15, -0.1) is 0 Å². The summed E-state index contributed by atoms with van der Waals surface area (Å²) in [6.45, 7) is 2.56. The molecule has 0 bridgehead atoms. The maximum Gasteiger partial charge on any atom is 0.275 e. The van der Waals surface area contributed by atoms with Crippen molar-refractivity contribution in [3.05, 3.63) is 59.8 Å². The van der Waals surface area contributed by atoms with E-state index in [1.165, 1.54) is 0 Å². The molecule has 0 saturated heterocycles. The summed E-state index contributed by atoms with van der Waals surface area (Å²) in [7, 11) is 1.74. The van der Waals surface area contributed by atoms with E-state index >= 15 is 0 Å². The van der Waals surface area contributed by atoms with Crippen LogP contribution in [0.1, 0.15) is 21.9 Å². The van der Waals surface area contributed by atoms with Crippen molar-refractivity contribution >= 4 is 11.7 Å². The second kappa shape index (κ2) is 6.43. The lowest BCUT2D eigenvalue weighted by Crippen LogP contribution is -2.16. The molecule has 23 heavy (non-hydrogen) atoms. The first-order valence-corrected chi connectivity index (χ1v) is 7.37. The summed E-state index contributed by atoms with van der Waals surface area (Å²) in [5.74, 6) is 0.304. The number of hydrogen-bond donors (Lipinski definition) is 1. The zero-order chi connectivity index (χ0) is 16.2. The highest BCUT2D eigenvalue weighted by Crippen LogP contribution is 2.08. The first kappa shape index (κ1) is 15.0. The van der Waals surface area contributed by atoms with E-state index in [1.807, 2.05) is 31.3 Å². The van der Waals surface area contributed by atoms with Gasteiger partial charge in [-0.1, -0.05) is 6.07 Å². The topological polar surface area (TPSA) is 77.6 Å². The molecule has 3 heterocycles. The predicted molar refractivity (Wildman–Crippen MR) is 86.1 cm³/mol. The largest absolute Gasteiger partial charge is 0.304 e. The molecule has 3 aromatic heterocycles. The third-order valence-corrected chi connectivity index (χ3v) is 3.44. The van der Waals surface area contributed by atoms with Gasteiger partial charge in [0.2, 0.25) is 0 Å². The summed E-state index contributed by atoms with van der Waals surface area (Å²) in [5.41, 5.74) is 2.32. The SMILES string of the molecule is Cc1cc(C(=O)Nc2ccn(CCc3ccccn3)n2)n(C)n1. The fourth-order valence-electron chi connectivity index (χ4n) is 2.33. The van der Waals surface area contributed by atoms with Crippen LogP contribution in [0.15, 0.2) is 42.7 Å². The van der Waals surface area contributed by atoms with Crippen molar-refractivity contribution in [1.29, 1.82) is 0 Å². The van der Waals surface area contributed by atoms with Gasteiger partial charge in [-0.05, 0) is 25.1 Å². The van der Waals surface area contributed by atoms with Crippen LogP contribution in [0.5, 0.6) is 0 Å². The highest BCUT2D eigenvalue weighted by molar-refractivity contribution is 6.02. The van der Waals surface area contributed by atoms with Crippen LogP contribution in [0.4, 0.5) is 5.82 Å². The Morgan fingerprint density at radius 3 is 2.83 bits per heavy atom. The average Bonchev–Trinajstić information content (AvgIpc) is 3.12. The van der Waals surface area contributed by atoms with Crippen LogP contribution in [0.25, 0.3) is 0 Å². The fraction of sp³-hybridized carbons (Fsp3) is 0.250. The Morgan fingerprint density at radius 2 is 2.13 bits per heavy atom. The Labute approximate surface area is 134 Å². The second-order valence-electron chi connectivity index (χ2n) is 5.28. The van der Waals surface area contributed by atoms with Crippen molar-refractivity contribution in [2.45, 2.75) is 19.9 Å². The first-order valence-electron chi connectivity index (χ1n) is 7.37. The number of carbonyl (C=O) groups is 1. The second-order valence-corrected chi connectivity index (χ2v) is 5.28. The van der Waals surface area contributed by atoms with Gasteiger partial charge in [0.25, 0.3) is 5.91 Å². The van der Waals surface area contributed by atoms with Crippen LogP contribution >= 0.6 is 0 Å². The Kier molecular flexibility index (Phi) is 4.18. The van der Waals surface area contributed by atoms with Crippen LogP contribution in [0, 0.1) is 6.92 Å². The van der Waals surface area contributed by atoms with E-state index in [1.54, 1.807) is 34.7 Å². The van der Waals surface area contributed by atoms with Crippen molar-refractivity contribution in [3.63, 3.8) is 0 Å². The van der Waals surface area contributed by atoms with Crippen LogP contribution in [0.2, 0.25) is 0 Å². The molecule has 0 fully saturated rings. The molecule has 0 aliphatic rings. The van der Waals surface area contributed by atoms with Gasteiger partial charge in [0.1, 0.15) is 5.69 Å². The Morgan fingerprint density at radius 1 is 1.26 bits per heavy atom. The highest BCUT2D eigenvalue weighted by atomic mass is 16.2. The smallest absolute Gasteiger partial charge is 0.275 e. The van der Waals surface area contributed by atoms with Crippen LogP contribution in [-0.4, -0.2) is 30.5 Å². The molecular formula is C16H18N6O. The molecule has 1 amide bonds. The number of carbonyl (C=O) groups excluding carboxylic acids is 1. The Balaban J connectivity index is 1.61. The van der Waals surface area contributed by atoms with Gasteiger partial charge < -0.3 is 5.32 Å². The van der Waals surface area contributed by atoms with Crippen LogP contribution in [-0.2, 0) is 20.0 Å². The number of aryl methyl sites for hydroxylation is 4. The van der Waals surface area contributed by atoms with Crippen molar-refractivity contribution in [3.8, 4) is 0 Å². The van der Waals surface area contributed by atoms with Gasteiger partial charge in [0, 0.05) is 44.2 Å². The van der Waals surface area contributed by atoms with Gasteiger partial charge in [0.05, 0.1) is 5.69 Å². The van der Waals surface area contributed by atoms with E-state index in [0.717, 1.165) is 17.8 Å². The number of nitrogens with one attached hydrogen (secondary N) is 1. The van der Waals surface area contributed by atoms with E-state index < -0.39 is 0 Å². The zero-order valence-electron chi connectivity index (χ0n) is 13.1. The average molecular weight is 310 g/mol. The summed E-state index contributed by atoms with van der Waals surface area (Å²) in [5, 5.41) is 11.3. The minimum Gasteiger partial charge on any atom is -0.304 e. The lowest BCUT2D eigenvalue weighted by Gasteiger charge is -2.03. The van der Waals surface area contributed by atoms with E-state index in [-0.39, 0.29) is 5.91 Å². The molecule has 0 saturated carbocycles. The van der Waals surface area contributed by atoms with Crippen molar-refractivity contribution in [2.75, 3.05) is 5.32 Å². The monoisotopic (exact) mass is 310 g/mol. The minimum absolute atomic E-state index is 0.219. The van der Waals surface area contributed by atoms with Crippen molar-refractivity contribution < 1.29 is 4.79 Å². The maximum atomic E-state index is 12.2. The molecule has 0 radical (unpaired) electrons. The zero-order valence-corrected chi connectivity index (χ0v) is 13.1. The van der Waals surface area contributed by atoms with Crippen LogP contribution in [0.3, 0.4) is 0 Å². The number of nitrogens with zero attached hydrogens (tertiary/aromatic N) is 5. The molecule has 0 atom stereocenters. The number of rotatable bonds is 5. The minimum atomic E-state index is -0.219. The maximum absolute atomic E-state index is 12.2. The molecule has 0 aliphatic heterocycles. The lowest BCUT2D eigenvalue weighted by atomic mass is 10.3. The molecule has 7 nitrogen and oxygen atoms in total. The molecule has 0 aliphatic carbocycles.